The van der Waals surface area contributed by atoms with Gasteiger partial charge in [0.1, 0.15) is 6.61 Å². The lowest BCUT2D eigenvalue weighted by Gasteiger charge is -2.34. The molecule has 0 aliphatic heterocycles. The van der Waals surface area contributed by atoms with Crippen molar-refractivity contribution in [2.75, 3.05) is 6.61 Å². The number of hydrogen-bond acceptors (Lipinski definition) is 3. The molecule has 23 heavy (non-hydrogen) atoms. The largest absolute Gasteiger partial charge is 0.486 e. The van der Waals surface area contributed by atoms with E-state index in [1.54, 1.807) is 0 Å². The number of allylic oxidation sites excluding steroid dienone is 1. The van der Waals surface area contributed by atoms with Crippen LogP contribution in [0.25, 0.3) is 0 Å². The van der Waals surface area contributed by atoms with Crippen LogP contribution < -0.4 is 4.74 Å². The Hall–Kier alpha value is -1.86. The molecule has 0 radical (unpaired) electrons. The topological polar surface area (TPSA) is 53.2 Å². The molecule has 124 valence electrons. The predicted octanol–water partition coefficient (Wildman–Crippen LogP) is 4.68. The van der Waals surface area contributed by atoms with E-state index < -0.39 is 11.9 Å². The summed E-state index contributed by atoms with van der Waals surface area (Å²) in [5.41, 5.74) is 3.11. The van der Waals surface area contributed by atoms with Gasteiger partial charge in [-0.05, 0) is 54.9 Å². The van der Waals surface area contributed by atoms with Crippen LogP contribution in [0.2, 0.25) is 0 Å². The number of aliphatic hydroxyl groups is 1. The molecular formula is C19H24FNO2. The normalized spacial score (nSPS) is 18.4. The number of nitriles is 1. The minimum absolute atomic E-state index is 0.0254. The van der Waals surface area contributed by atoms with E-state index >= 15 is 0 Å². The molecule has 1 aliphatic rings. The Morgan fingerprint density at radius 2 is 2.17 bits per heavy atom. The average Bonchev–Trinajstić information content (AvgIpc) is 2.48. The summed E-state index contributed by atoms with van der Waals surface area (Å²) in [7, 11) is 0. The van der Waals surface area contributed by atoms with E-state index in [-0.39, 0.29) is 17.6 Å². The van der Waals surface area contributed by atoms with Gasteiger partial charge in [-0.3, -0.25) is 0 Å². The molecule has 0 saturated heterocycles. The van der Waals surface area contributed by atoms with Crippen LogP contribution in [0.1, 0.15) is 58.1 Å². The molecule has 0 heterocycles. The lowest BCUT2D eigenvalue weighted by Crippen LogP contribution is -2.24. The zero-order valence-corrected chi connectivity index (χ0v) is 14.0. The Morgan fingerprint density at radius 1 is 1.43 bits per heavy atom. The Bertz CT molecular complexity index is 643. The highest BCUT2D eigenvalue weighted by atomic mass is 19.1. The SMILES string of the molecule is CC1=C(COc2cc(C(O)CC#N)ccc2F)C(C)(C)CCC1. The highest BCUT2D eigenvalue weighted by molar-refractivity contribution is 5.33. The molecule has 0 bridgehead atoms. The van der Waals surface area contributed by atoms with Crippen LogP contribution in [0.15, 0.2) is 29.3 Å². The van der Waals surface area contributed by atoms with Crippen LogP contribution >= 0.6 is 0 Å². The number of aliphatic hydroxyl groups excluding tert-OH is 1. The summed E-state index contributed by atoms with van der Waals surface area (Å²) in [5, 5.41) is 18.5. The van der Waals surface area contributed by atoms with Gasteiger partial charge in [0.2, 0.25) is 0 Å². The van der Waals surface area contributed by atoms with Gasteiger partial charge in [0.15, 0.2) is 11.6 Å². The van der Waals surface area contributed by atoms with Crippen molar-refractivity contribution in [3.8, 4) is 11.8 Å². The third kappa shape index (κ3) is 4.11. The molecular weight excluding hydrogens is 293 g/mol. The smallest absolute Gasteiger partial charge is 0.165 e. The van der Waals surface area contributed by atoms with Gasteiger partial charge < -0.3 is 9.84 Å². The molecule has 3 nitrogen and oxygen atoms in total. The minimum atomic E-state index is -0.921. The van der Waals surface area contributed by atoms with Crippen molar-refractivity contribution in [1.82, 2.24) is 0 Å². The standard InChI is InChI=1S/C19H24FNO2/c1-13-5-4-9-19(2,3)15(13)12-23-18-11-14(6-7-16(18)20)17(22)8-10-21/h6-7,11,17,22H,4-5,8-9,12H2,1-3H3. The first-order chi connectivity index (χ1) is 10.8. The fourth-order valence-corrected chi connectivity index (χ4v) is 3.19. The molecule has 1 aromatic carbocycles. The van der Waals surface area contributed by atoms with Crippen LogP contribution in [0.5, 0.6) is 5.75 Å². The molecule has 0 aromatic heterocycles. The summed E-state index contributed by atoms with van der Waals surface area (Å²) in [6, 6.07) is 6.16. The predicted molar refractivity (Wildman–Crippen MR) is 87.4 cm³/mol. The Balaban J connectivity index is 2.17. The van der Waals surface area contributed by atoms with E-state index in [4.69, 9.17) is 10.00 Å². The molecule has 0 amide bonds. The maximum atomic E-state index is 14.0. The molecule has 1 atom stereocenters. The Kier molecular flexibility index (Phi) is 5.43. The number of benzene rings is 1. The second-order valence-electron chi connectivity index (χ2n) is 6.85. The Morgan fingerprint density at radius 3 is 2.83 bits per heavy atom. The summed E-state index contributed by atoms with van der Waals surface area (Å²) in [4.78, 5) is 0. The van der Waals surface area contributed by atoms with E-state index in [9.17, 15) is 9.50 Å². The third-order valence-corrected chi connectivity index (χ3v) is 4.68. The van der Waals surface area contributed by atoms with E-state index in [2.05, 4.69) is 20.8 Å². The maximum absolute atomic E-state index is 14.0. The van der Waals surface area contributed by atoms with Gasteiger partial charge in [-0.15, -0.1) is 0 Å². The number of rotatable bonds is 5. The highest BCUT2D eigenvalue weighted by Gasteiger charge is 2.28. The van der Waals surface area contributed by atoms with Crippen LogP contribution in [0.3, 0.4) is 0 Å². The lowest BCUT2D eigenvalue weighted by atomic mass is 9.73. The molecule has 2 rings (SSSR count). The van der Waals surface area contributed by atoms with Crippen molar-refractivity contribution in [3.05, 3.63) is 40.7 Å². The molecule has 0 spiro atoms. The van der Waals surface area contributed by atoms with Gasteiger partial charge in [0.05, 0.1) is 18.6 Å². The fourth-order valence-electron chi connectivity index (χ4n) is 3.19. The van der Waals surface area contributed by atoms with Crippen LogP contribution in [0.4, 0.5) is 4.39 Å². The zero-order chi connectivity index (χ0) is 17.0. The molecule has 1 unspecified atom stereocenters. The van der Waals surface area contributed by atoms with Crippen molar-refractivity contribution in [1.29, 1.82) is 5.26 Å². The second kappa shape index (κ2) is 7.14. The molecule has 0 saturated carbocycles. The number of halogens is 1. The van der Waals surface area contributed by atoms with Gasteiger partial charge in [0.25, 0.3) is 0 Å². The first-order valence-electron chi connectivity index (χ1n) is 8.01. The zero-order valence-electron chi connectivity index (χ0n) is 14.0. The quantitative estimate of drug-likeness (QED) is 0.802. The molecule has 1 N–H and O–H groups in total. The first-order valence-corrected chi connectivity index (χ1v) is 8.01. The lowest BCUT2D eigenvalue weighted by molar-refractivity contribution is 0.182. The summed E-state index contributed by atoms with van der Waals surface area (Å²) in [5.74, 6) is -0.328. The average molecular weight is 317 g/mol. The van der Waals surface area contributed by atoms with Gasteiger partial charge in [-0.1, -0.05) is 25.5 Å². The number of ether oxygens (including phenoxy) is 1. The van der Waals surface area contributed by atoms with Gasteiger partial charge in [-0.25, -0.2) is 4.39 Å². The van der Waals surface area contributed by atoms with E-state index in [1.165, 1.54) is 35.8 Å². The van der Waals surface area contributed by atoms with E-state index in [0.29, 0.717) is 12.2 Å². The second-order valence-corrected chi connectivity index (χ2v) is 6.85. The minimum Gasteiger partial charge on any atom is -0.486 e. The third-order valence-electron chi connectivity index (χ3n) is 4.68. The summed E-state index contributed by atoms with van der Waals surface area (Å²) < 4.78 is 19.7. The van der Waals surface area contributed by atoms with Crippen LogP contribution in [0, 0.1) is 22.6 Å². The molecule has 1 aliphatic carbocycles. The first kappa shape index (κ1) is 17.5. The molecule has 4 heteroatoms. The number of nitrogens with zero attached hydrogens (tertiary/aromatic N) is 1. The Labute approximate surface area is 137 Å². The van der Waals surface area contributed by atoms with Gasteiger partial charge in [-0.2, -0.15) is 5.26 Å². The van der Waals surface area contributed by atoms with E-state index in [0.717, 1.165) is 12.8 Å². The van der Waals surface area contributed by atoms with Crippen molar-refractivity contribution in [2.45, 2.75) is 52.6 Å². The summed E-state index contributed by atoms with van der Waals surface area (Å²) in [6.07, 6.45) is 2.39. The molecule has 0 fully saturated rings. The highest BCUT2D eigenvalue weighted by Crippen LogP contribution is 2.40. The van der Waals surface area contributed by atoms with Crippen LogP contribution in [-0.4, -0.2) is 11.7 Å². The van der Waals surface area contributed by atoms with Gasteiger partial charge in [0, 0.05) is 0 Å². The van der Waals surface area contributed by atoms with Crippen molar-refractivity contribution in [2.24, 2.45) is 5.41 Å². The fraction of sp³-hybridized carbons (Fsp3) is 0.526. The summed E-state index contributed by atoms with van der Waals surface area (Å²) in [6.45, 7) is 6.85. The van der Waals surface area contributed by atoms with Crippen molar-refractivity contribution >= 4 is 0 Å². The van der Waals surface area contributed by atoms with E-state index in [1.807, 2.05) is 6.07 Å². The maximum Gasteiger partial charge on any atom is 0.165 e. The summed E-state index contributed by atoms with van der Waals surface area (Å²) >= 11 is 0. The molecule has 1 aromatic rings. The van der Waals surface area contributed by atoms with Crippen LogP contribution in [-0.2, 0) is 0 Å². The van der Waals surface area contributed by atoms with Gasteiger partial charge >= 0.3 is 0 Å². The van der Waals surface area contributed by atoms with Crippen molar-refractivity contribution < 1.29 is 14.2 Å². The number of hydrogen-bond donors (Lipinski definition) is 1. The monoisotopic (exact) mass is 317 g/mol. The van der Waals surface area contributed by atoms with Crippen molar-refractivity contribution in [3.63, 3.8) is 0 Å².